The molecule has 0 radical (unpaired) electrons. The second kappa shape index (κ2) is 10.4. The van der Waals surface area contributed by atoms with Gasteiger partial charge in [0.2, 0.25) is 5.91 Å². The monoisotopic (exact) mass is 516 g/mol. The molecule has 0 aliphatic carbocycles. The number of fused-ring (bicyclic) bond motifs is 1. The van der Waals surface area contributed by atoms with Crippen LogP contribution in [0.5, 0.6) is 0 Å². The maximum absolute atomic E-state index is 13.4. The van der Waals surface area contributed by atoms with E-state index in [4.69, 9.17) is 0 Å². The SMILES string of the molecule is O=C1CN(CCc2ccccn2)c2ccc(NC(=O)c3cc(C(F)(F)F)ccc3-c3ccccc3)cc2N1. The molecular weight excluding hydrogens is 493 g/mol. The minimum Gasteiger partial charge on any atom is -0.360 e. The topological polar surface area (TPSA) is 74.3 Å². The van der Waals surface area contributed by atoms with Crippen molar-refractivity contribution in [3.8, 4) is 11.1 Å². The molecule has 2 amide bonds. The quantitative estimate of drug-likeness (QED) is 0.329. The highest BCUT2D eigenvalue weighted by atomic mass is 19.4. The Morgan fingerprint density at radius 1 is 0.974 bits per heavy atom. The van der Waals surface area contributed by atoms with Crippen molar-refractivity contribution in [3.63, 3.8) is 0 Å². The molecule has 5 rings (SSSR count). The number of nitrogens with zero attached hydrogens (tertiary/aromatic N) is 2. The van der Waals surface area contributed by atoms with Gasteiger partial charge >= 0.3 is 6.18 Å². The summed E-state index contributed by atoms with van der Waals surface area (Å²) in [6.45, 7) is 0.740. The minimum absolute atomic E-state index is 0.107. The molecule has 0 fully saturated rings. The lowest BCUT2D eigenvalue weighted by molar-refractivity contribution is -0.137. The van der Waals surface area contributed by atoms with E-state index in [1.54, 1.807) is 54.7 Å². The number of rotatable bonds is 6. The van der Waals surface area contributed by atoms with Gasteiger partial charge in [-0.3, -0.25) is 14.6 Å². The van der Waals surface area contributed by atoms with Gasteiger partial charge in [0.15, 0.2) is 0 Å². The van der Waals surface area contributed by atoms with E-state index >= 15 is 0 Å². The third-order valence-corrected chi connectivity index (χ3v) is 6.24. The van der Waals surface area contributed by atoms with Crippen LogP contribution in [0.15, 0.2) is 91.1 Å². The number of nitrogens with one attached hydrogen (secondary N) is 2. The molecule has 4 aromatic rings. The van der Waals surface area contributed by atoms with Crippen LogP contribution in [-0.2, 0) is 17.4 Å². The summed E-state index contributed by atoms with van der Waals surface area (Å²) in [5.41, 5.74) is 2.51. The molecule has 0 spiro atoms. The highest BCUT2D eigenvalue weighted by Gasteiger charge is 2.32. The molecule has 9 heteroatoms. The Labute approximate surface area is 217 Å². The van der Waals surface area contributed by atoms with Crippen molar-refractivity contribution >= 4 is 28.9 Å². The van der Waals surface area contributed by atoms with Gasteiger partial charge in [-0.05, 0) is 53.6 Å². The van der Waals surface area contributed by atoms with Crippen LogP contribution in [0, 0.1) is 0 Å². The van der Waals surface area contributed by atoms with Crippen LogP contribution < -0.4 is 15.5 Å². The van der Waals surface area contributed by atoms with E-state index in [2.05, 4.69) is 15.6 Å². The Balaban J connectivity index is 1.41. The van der Waals surface area contributed by atoms with Gasteiger partial charge in [0, 0.05) is 36.1 Å². The highest BCUT2D eigenvalue weighted by molar-refractivity contribution is 6.10. The molecule has 6 nitrogen and oxygen atoms in total. The van der Waals surface area contributed by atoms with E-state index in [9.17, 15) is 22.8 Å². The van der Waals surface area contributed by atoms with Crippen LogP contribution in [0.4, 0.5) is 30.2 Å². The van der Waals surface area contributed by atoms with E-state index in [-0.39, 0.29) is 18.0 Å². The number of anilines is 3. The van der Waals surface area contributed by atoms with Gasteiger partial charge in [-0.1, -0.05) is 42.5 Å². The highest BCUT2D eigenvalue weighted by Crippen LogP contribution is 2.35. The van der Waals surface area contributed by atoms with Gasteiger partial charge in [0.1, 0.15) is 0 Å². The van der Waals surface area contributed by atoms with Crippen molar-refractivity contribution in [2.75, 3.05) is 28.6 Å². The summed E-state index contributed by atoms with van der Waals surface area (Å²) in [5, 5.41) is 5.51. The Morgan fingerprint density at radius 3 is 2.50 bits per heavy atom. The standard InChI is InChI=1S/C29H23F3N4O2/c30-29(31,32)20-9-11-23(19-6-2-1-3-7-19)24(16-20)28(38)34-22-10-12-26-25(17-22)35-27(37)18-36(26)15-13-21-8-4-5-14-33-21/h1-12,14,16-17H,13,15,18H2,(H,34,38)(H,35,37). The van der Waals surface area contributed by atoms with Gasteiger partial charge in [0.05, 0.1) is 23.5 Å². The fraction of sp³-hybridized carbons (Fsp3) is 0.138. The van der Waals surface area contributed by atoms with Crippen molar-refractivity contribution in [2.45, 2.75) is 12.6 Å². The molecule has 2 N–H and O–H groups in total. The third-order valence-electron chi connectivity index (χ3n) is 6.24. The lowest BCUT2D eigenvalue weighted by atomic mass is 9.96. The number of aromatic nitrogens is 1. The van der Waals surface area contributed by atoms with E-state index in [1.807, 2.05) is 23.1 Å². The van der Waals surface area contributed by atoms with Crippen molar-refractivity contribution in [2.24, 2.45) is 0 Å². The number of carbonyl (C=O) groups is 2. The number of benzene rings is 3. The number of carbonyl (C=O) groups excluding carboxylic acids is 2. The predicted molar refractivity (Wildman–Crippen MR) is 140 cm³/mol. The molecule has 0 atom stereocenters. The zero-order chi connectivity index (χ0) is 26.7. The van der Waals surface area contributed by atoms with E-state index in [0.29, 0.717) is 35.5 Å². The Kier molecular flexibility index (Phi) is 6.83. The molecule has 1 aromatic heterocycles. The van der Waals surface area contributed by atoms with E-state index < -0.39 is 17.6 Å². The first-order valence-corrected chi connectivity index (χ1v) is 11.9. The molecule has 3 aromatic carbocycles. The fourth-order valence-corrected chi connectivity index (χ4v) is 4.41. The van der Waals surface area contributed by atoms with Gasteiger partial charge in [-0.2, -0.15) is 13.2 Å². The Morgan fingerprint density at radius 2 is 1.76 bits per heavy atom. The Hall–Kier alpha value is -4.66. The van der Waals surface area contributed by atoms with Gasteiger partial charge < -0.3 is 15.5 Å². The number of hydrogen-bond donors (Lipinski definition) is 2. The summed E-state index contributed by atoms with van der Waals surface area (Å²) in [5.74, 6) is -0.893. The summed E-state index contributed by atoms with van der Waals surface area (Å²) < 4.78 is 40.3. The lowest BCUT2D eigenvalue weighted by Gasteiger charge is -2.31. The summed E-state index contributed by atoms with van der Waals surface area (Å²) in [6.07, 6.45) is -2.24. The maximum atomic E-state index is 13.4. The maximum Gasteiger partial charge on any atom is 0.416 e. The number of amides is 2. The van der Waals surface area contributed by atoms with E-state index in [0.717, 1.165) is 23.5 Å². The second-order valence-electron chi connectivity index (χ2n) is 8.85. The predicted octanol–water partition coefficient (Wildman–Crippen LogP) is 6.02. The molecule has 0 saturated carbocycles. The zero-order valence-electron chi connectivity index (χ0n) is 20.1. The number of pyridine rings is 1. The smallest absolute Gasteiger partial charge is 0.360 e. The molecule has 1 aliphatic rings. The van der Waals surface area contributed by atoms with Gasteiger partial charge in [-0.25, -0.2) is 0 Å². The normalized spacial score (nSPS) is 13.0. The largest absolute Gasteiger partial charge is 0.416 e. The van der Waals surface area contributed by atoms with Crippen molar-refractivity contribution in [3.05, 3.63) is 108 Å². The Bertz CT molecular complexity index is 1470. The summed E-state index contributed by atoms with van der Waals surface area (Å²) in [4.78, 5) is 31.9. The fourth-order valence-electron chi connectivity index (χ4n) is 4.41. The first kappa shape index (κ1) is 25.0. The molecule has 0 unspecified atom stereocenters. The molecule has 2 heterocycles. The van der Waals surface area contributed by atoms with Crippen LogP contribution in [0.2, 0.25) is 0 Å². The third kappa shape index (κ3) is 5.51. The van der Waals surface area contributed by atoms with Crippen LogP contribution in [0.25, 0.3) is 11.1 Å². The average molecular weight is 517 g/mol. The van der Waals surface area contributed by atoms with Crippen molar-refractivity contribution in [1.29, 1.82) is 0 Å². The number of alkyl halides is 3. The van der Waals surface area contributed by atoms with Crippen LogP contribution in [0.3, 0.4) is 0 Å². The average Bonchev–Trinajstić information content (AvgIpc) is 2.91. The van der Waals surface area contributed by atoms with Crippen molar-refractivity contribution in [1.82, 2.24) is 4.98 Å². The molecule has 0 saturated heterocycles. The van der Waals surface area contributed by atoms with Gasteiger partial charge in [-0.15, -0.1) is 0 Å². The first-order chi connectivity index (χ1) is 18.3. The van der Waals surface area contributed by atoms with Crippen molar-refractivity contribution < 1.29 is 22.8 Å². The minimum atomic E-state index is -4.60. The molecule has 1 aliphatic heterocycles. The zero-order valence-corrected chi connectivity index (χ0v) is 20.1. The molecular formula is C29H23F3N4O2. The van der Waals surface area contributed by atoms with Crippen LogP contribution in [-0.4, -0.2) is 29.9 Å². The molecule has 192 valence electrons. The number of hydrogen-bond acceptors (Lipinski definition) is 4. The molecule has 0 bridgehead atoms. The summed E-state index contributed by atoms with van der Waals surface area (Å²) >= 11 is 0. The number of halogens is 3. The second-order valence-corrected chi connectivity index (χ2v) is 8.85. The molecule has 38 heavy (non-hydrogen) atoms. The summed E-state index contributed by atoms with van der Waals surface area (Å²) in [6, 6.07) is 22.6. The van der Waals surface area contributed by atoms with E-state index in [1.165, 1.54) is 6.07 Å². The lowest BCUT2D eigenvalue weighted by Crippen LogP contribution is -2.39. The van der Waals surface area contributed by atoms with Crippen LogP contribution >= 0.6 is 0 Å². The van der Waals surface area contributed by atoms with Gasteiger partial charge in [0.25, 0.3) is 5.91 Å². The summed E-state index contributed by atoms with van der Waals surface area (Å²) in [7, 11) is 0. The van der Waals surface area contributed by atoms with Crippen LogP contribution in [0.1, 0.15) is 21.6 Å². The first-order valence-electron chi connectivity index (χ1n) is 11.9.